The summed E-state index contributed by atoms with van der Waals surface area (Å²) in [4.78, 5) is 14.2. The van der Waals surface area contributed by atoms with Crippen LogP contribution in [0.15, 0.2) is 0 Å². The number of nitrogens with one attached hydrogen (secondary N) is 1. The molecule has 0 spiro atoms. The molecule has 0 rings (SSSR count). The molecule has 0 unspecified atom stereocenters. The first-order chi connectivity index (χ1) is 4.27. The number of hydrogen-bond acceptors (Lipinski definition) is 4. The van der Waals surface area contributed by atoms with Crippen LogP contribution in [0.3, 0.4) is 0 Å². The Kier molecular flexibility index (Phi) is 5.09. The van der Waals surface area contributed by atoms with Gasteiger partial charge in [-0.15, -0.1) is 0 Å². The van der Waals surface area contributed by atoms with Gasteiger partial charge in [0.05, 0.1) is 0 Å². The van der Waals surface area contributed by atoms with Crippen LogP contribution in [-0.4, -0.2) is 31.5 Å². The molecule has 0 aliphatic carbocycles. The molecule has 0 aromatic rings. The first-order valence-electron chi connectivity index (χ1n) is 2.32. The van der Waals surface area contributed by atoms with Crippen molar-refractivity contribution in [3.63, 3.8) is 0 Å². The van der Waals surface area contributed by atoms with Gasteiger partial charge in [0.1, 0.15) is 6.54 Å². The highest BCUT2D eigenvalue weighted by Gasteiger charge is 1.92. The molecule has 0 saturated carbocycles. The molecule has 0 fully saturated rings. The van der Waals surface area contributed by atoms with E-state index in [4.69, 9.17) is 5.11 Å². The van der Waals surface area contributed by atoms with Gasteiger partial charge in [-0.2, -0.15) is 5.48 Å². The lowest BCUT2D eigenvalue weighted by molar-refractivity contribution is -0.142. The fraction of sp³-hybridized carbons (Fsp3) is 0.750. The van der Waals surface area contributed by atoms with Gasteiger partial charge in [-0.05, 0) is 0 Å². The van der Waals surface area contributed by atoms with Gasteiger partial charge >= 0.3 is 5.97 Å². The molecule has 5 nitrogen and oxygen atoms in total. The minimum absolute atomic E-state index is 0.0489. The van der Waals surface area contributed by atoms with Crippen molar-refractivity contribution in [2.24, 2.45) is 0 Å². The molecule has 2 N–H and O–H groups in total. The van der Waals surface area contributed by atoms with Crippen molar-refractivity contribution in [2.45, 2.75) is 0 Å². The van der Waals surface area contributed by atoms with Gasteiger partial charge in [0, 0.05) is 7.11 Å². The van der Waals surface area contributed by atoms with Crippen LogP contribution < -0.4 is 5.48 Å². The molecule has 0 saturated heterocycles. The number of ether oxygens (including phenoxy) is 1. The van der Waals surface area contributed by atoms with Crippen molar-refractivity contribution in [2.75, 3.05) is 20.4 Å². The average Bonchev–Trinajstić information content (AvgIpc) is 1.80. The zero-order chi connectivity index (χ0) is 7.11. The fourth-order valence-electron chi connectivity index (χ4n) is 0.213. The Morgan fingerprint density at radius 1 is 1.78 bits per heavy atom. The van der Waals surface area contributed by atoms with Crippen LogP contribution >= 0.6 is 0 Å². The molecule has 0 aromatic heterocycles. The quantitative estimate of drug-likeness (QED) is 0.293. The number of rotatable bonds is 5. The molecule has 0 amide bonds. The molecule has 5 heteroatoms. The van der Waals surface area contributed by atoms with Crippen molar-refractivity contribution in [3.05, 3.63) is 0 Å². The summed E-state index contributed by atoms with van der Waals surface area (Å²) in [5.74, 6) is -0.967. The molecular weight excluding hydrogens is 126 g/mol. The summed E-state index contributed by atoms with van der Waals surface area (Å²) in [5.41, 5.74) is 2.16. The van der Waals surface area contributed by atoms with Crippen molar-refractivity contribution in [1.29, 1.82) is 0 Å². The molecule has 54 valence electrons. The topological polar surface area (TPSA) is 67.8 Å². The van der Waals surface area contributed by atoms with E-state index in [2.05, 4.69) is 15.1 Å². The lowest BCUT2D eigenvalue weighted by atomic mass is 10.7. The lowest BCUT2D eigenvalue weighted by Crippen LogP contribution is -2.23. The predicted octanol–water partition coefficient (Wildman–Crippen LogP) is -0.804. The molecule has 0 heterocycles. The summed E-state index contributed by atoms with van der Waals surface area (Å²) in [6, 6.07) is 0. The summed E-state index contributed by atoms with van der Waals surface area (Å²) in [6.07, 6.45) is 0. The van der Waals surface area contributed by atoms with Gasteiger partial charge in [-0.25, -0.2) is 0 Å². The Balaban J connectivity index is 2.83. The van der Waals surface area contributed by atoms with E-state index in [0.717, 1.165) is 0 Å². The largest absolute Gasteiger partial charge is 0.480 e. The molecular formula is C4H9NO4. The maximum atomic E-state index is 9.78. The van der Waals surface area contributed by atoms with Crippen LogP contribution in [0.1, 0.15) is 0 Å². The van der Waals surface area contributed by atoms with E-state index in [9.17, 15) is 4.79 Å². The number of aliphatic carboxylic acids is 1. The molecule has 0 aliphatic rings. The van der Waals surface area contributed by atoms with Gasteiger partial charge in [-0.3, -0.25) is 9.63 Å². The van der Waals surface area contributed by atoms with Crippen LogP contribution in [0, 0.1) is 0 Å². The first kappa shape index (κ1) is 8.35. The number of carboxylic acids is 1. The summed E-state index contributed by atoms with van der Waals surface area (Å²) < 4.78 is 4.45. The Hall–Kier alpha value is -0.650. The third-order valence-electron chi connectivity index (χ3n) is 0.502. The molecule has 0 atom stereocenters. The second-order valence-corrected chi connectivity index (χ2v) is 1.27. The highest BCUT2D eigenvalue weighted by atomic mass is 16.7. The average molecular weight is 135 g/mol. The zero-order valence-electron chi connectivity index (χ0n) is 5.09. The Bertz CT molecular complexity index is 84.6. The van der Waals surface area contributed by atoms with E-state index < -0.39 is 5.97 Å². The van der Waals surface area contributed by atoms with Crippen LogP contribution in [0.25, 0.3) is 0 Å². The standard InChI is InChI=1S/C4H9NO4/c1-8-3-9-5-2-4(6)7/h5H,2-3H2,1H3,(H,6,7). The molecule has 0 radical (unpaired) electrons. The highest BCUT2D eigenvalue weighted by molar-refractivity contribution is 5.68. The Morgan fingerprint density at radius 2 is 2.44 bits per heavy atom. The van der Waals surface area contributed by atoms with Crippen molar-refractivity contribution < 1.29 is 19.5 Å². The van der Waals surface area contributed by atoms with Crippen LogP contribution in [0.2, 0.25) is 0 Å². The van der Waals surface area contributed by atoms with Crippen molar-refractivity contribution in [1.82, 2.24) is 5.48 Å². The van der Waals surface area contributed by atoms with Crippen molar-refractivity contribution >= 4 is 5.97 Å². The smallest absolute Gasteiger partial charge is 0.319 e. The van der Waals surface area contributed by atoms with E-state index in [1.165, 1.54) is 7.11 Å². The molecule has 0 bridgehead atoms. The van der Waals surface area contributed by atoms with Gasteiger partial charge in [0.2, 0.25) is 0 Å². The molecule has 9 heavy (non-hydrogen) atoms. The number of carboxylic acid groups (broad SMARTS) is 1. The normalized spacial score (nSPS) is 9.44. The van der Waals surface area contributed by atoms with E-state index in [-0.39, 0.29) is 13.3 Å². The van der Waals surface area contributed by atoms with Gasteiger partial charge in [0.25, 0.3) is 0 Å². The SMILES string of the molecule is COCONCC(=O)O. The zero-order valence-corrected chi connectivity index (χ0v) is 5.09. The number of carbonyl (C=O) groups is 1. The number of hydroxylamine groups is 1. The monoisotopic (exact) mass is 135 g/mol. The van der Waals surface area contributed by atoms with Crippen LogP contribution in [0.4, 0.5) is 0 Å². The van der Waals surface area contributed by atoms with E-state index >= 15 is 0 Å². The van der Waals surface area contributed by atoms with E-state index in [0.29, 0.717) is 0 Å². The molecule has 0 aromatic carbocycles. The lowest BCUT2D eigenvalue weighted by Gasteiger charge is -1.99. The minimum Gasteiger partial charge on any atom is -0.480 e. The Labute approximate surface area is 52.5 Å². The van der Waals surface area contributed by atoms with Gasteiger partial charge in [-0.1, -0.05) is 0 Å². The summed E-state index contributed by atoms with van der Waals surface area (Å²) >= 11 is 0. The van der Waals surface area contributed by atoms with E-state index in [1.54, 1.807) is 0 Å². The number of methoxy groups -OCH3 is 1. The maximum absolute atomic E-state index is 9.78. The van der Waals surface area contributed by atoms with Crippen LogP contribution in [-0.2, 0) is 14.4 Å². The number of hydrogen-bond donors (Lipinski definition) is 2. The van der Waals surface area contributed by atoms with Gasteiger partial charge in [0.15, 0.2) is 6.79 Å². The highest BCUT2D eigenvalue weighted by Crippen LogP contribution is 1.66. The summed E-state index contributed by atoms with van der Waals surface area (Å²) in [6.45, 7) is -0.170. The first-order valence-corrected chi connectivity index (χ1v) is 2.32. The third-order valence-corrected chi connectivity index (χ3v) is 0.502. The van der Waals surface area contributed by atoms with E-state index in [1.807, 2.05) is 0 Å². The van der Waals surface area contributed by atoms with Crippen molar-refractivity contribution in [3.8, 4) is 0 Å². The third kappa shape index (κ3) is 7.35. The van der Waals surface area contributed by atoms with Gasteiger partial charge < -0.3 is 9.84 Å². The fourth-order valence-corrected chi connectivity index (χ4v) is 0.213. The minimum atomic E-state index is -0.967. The predicted molar refractivity (Wildman–Crippen MR) is 28.6 cm³/mol. The second-order valence-electron chi connectivity index (χ2n) is 1.27. The second kappa shape index (κ2) is 5.49. The summed E-state index contributed by atoms with van der Waals surface area (Å²) in [5, 5.41) is 8.03. The Morgan fingerprint density at radius 3 is 2.89 bits per heavy atom. The summed E-state index contributed by atoms with van der Waals surface area (Å²) in [7, 11) is 1.45. The molecule has 0 aliphatic heterocycles. The maximum Gasteiger partial charge on any atom is 0.319 e. The van der Waals surface area contributed by atoms with Crippen LogP contribution in [0.5, 0.6) is 0 Å².